The van der Waals surface area contributed by atoms with Crippen molar-refractivity contribution >= 4 is 0 Å². The van der Waals surface area contributed by atoms with Crippen LogP contribution in [0.25, 0.3) is 0 Å². The summed E-state index contributed by atoms with van der Waals surface area (Å²) in [7, 11) is 0. The molecular formula is C13H17N. The molecule has 74 valence electrons. The van der Waals surface area contributed by atoms with E-state index in [1.807, 2.05) is 0 Å². The zero-order chi connectivity index (χ0) is 9.38. The van der Waals surface area contributed by atoms with Crippen LogP contribution in [0, 0.1) is 0 Å². The fourth-order valence-corrected chi connectivity index (χ4v) is 3.06. The largest absolute Gasteiger partial charge is 0.313 e. The third kappa shape index (κ3) is 1.27. The normalized spacial score (nSPS) is 30.6. The Labute approximate surface area is 85.5 Å². The molecule has 1 saturated heterocycles. The molecular weight excluding hydrogens is 170 g/mol. The first-order valence-electron chi connectivity index (χ1n) is 5.76. The van der Waals surface area contributed by atoms with Crippen molar-refractivity contribution in [3.63, 3.8) is 0 Å². The van der Waals surface area contributed by atoms with Crippen LogP contribution in [0.4, 0.5) is 0 Å². The third-order valence-electron chi connectivity index (χ3n) is 3.76. The van der Waals surface area contributed by atoms with Crippen LogP contribution < -0.4 is 5.32 Å². The minimum atomic E-state index is 0.763. The van der Waals surface area contributed by atoms with Crippen LogP contribution in [0.2, 0.25) is 0 Å². The van der Waals surface area contributed by atoms with Gasteiger partial charge in [0.05, 0.1) is 0 Å². The van der Waals surface area contributed by atoms with Crippen molar-refractivity contribution < 1.29 is 0 Å². The lowest BCUT2D eigenvalue weighted by Gasteiger charge is -2.37. The molecule has 0 unspecified atom stereocenters. The van der Waals surface area contributed by atoms with Crippen molar-refractivity contribution in [2.75, 3.05) is 6.54 Å². The summed E-state index contributed by atoms with van der Waals surface area (Å²) < 4.78 is 0. The van der Waals surface area contributed by atoms with Crippen molar-refractivity contribution in [3.8, 4) is 0 Å². The van der Waals surface area contributed by atoms with E-state index >= 15 is 0 Å². The molecule has 0 bridgehead atoms. The van der Waals surface area contributed by atoms with Gasteiger partial charge in [0.2, 0.25) is 0 Å². The predicted molar refractivity (Wildman–Crippen MR) is 58.5 cm³/mol. The second kappa shape index (κ2) is 3.39. The van der Waals surface area contributed by atoms with Gasteiger partial charge in [-0.05, 0) is 49.3 Å². The molecule has 2 atom stereocenters. The molecule has 1 nitrogen and oxygen atoms in total. The predicted octanol–water partition coefficient (Wildman–Crippen LogP) is 2.47. The quantitative estimate of drug-likeness (QED) is 0.658. The molecule has 1 heteroatoms. The fraction of sp³-hybridized carbons (Fsp3) is 0.538. The van der Waals surface area contributed by atoms with E-state index in [-0.39, 0.29) is 0 Å². The Morgan fingerprint density at radius 2 is 2.07 bits per heavy atom. The summed E-state index contributed by atoms with van der Waals surface area (Å²) in [5, 5.41) is 3.66. The van der Waals surface area contributed by atoms with Crippen molar-refractivity contribution in [2.24, 2.45) is 0 Å². The van der Waals surface area contributed by atoms with Gasteiger partial charge in [0.15, 0.2) is 0 Å². The molecule has 2 aliphatic rings. The van der Waals surface area contributed by atoms with Gasteiger partial charge in [-0.1, -0.05) is 24.3 Å². The molecule has 1 N–H and O–H groups in total. The summed E-state index contributed by atoms with van der Waals surface area (Å²) in [5.74, 6) is 0.800. The summed E-state index contributed by atoms with van der Waals surface area (Å²) >= 11 is 0. The third-order valence-corrected chi connectivity index (χ3v) is 3.76. The highest BCUT2D eigenvalue weighted by Crippen LogP contribution is 2.36. The lowest BCUT2D eigenvalue weighted by Crippen LogP contribution is -2.42. The van der Waals surface area contributed by atoms with Crippen molar-refractivity contribution in [2.45, 2.75) is 37.6 Å². The van der Waals surface area contributed by atoms with Crippen molar-refractivity contribution in [3.05, 3.63) is 35.4 Å². The average molecular weight is 187 g/mol. The lowest BCUT2D eigenvalue weighted by atomic mass is 9.75. The van der Waals surface area contributed by atoms with Crippen molar-refractivity contribution in [1.82, 2.24) is 5.32 Å². The van der Waals surface area contributed by atoms with Gasteiger partial charge >= 0.3 is 0 Å². The Bertz CT molecular complexity index is 332. The number of piperidine rings is 1. The molecule has 14 heavy (non-hydrogen) atoms. The molecule has 0 aromatic heterocycles. The summed E-state index contributed by atoms with van der Waals surface area (Å²) in [6.07, 6.45) is 5.33. The van der Waals surface area contributed by atoms with E-state index in [0.29, 0.717) is 0 Å². The van der Waals surface area contributed by atoms with Crippen LogP contribution in [0.15, 0.2) is 24.3 Å². The first kappa shape index (κ1) is 8.49. The monoisotopic (exact) mass is 187 g/mol. The van der Waals surface area contributed by atoms with Gasteiger partial charge < -0.3 is 5.32 Å². The Hall–Kier alpha value is -0.820. The summed E-state index contributed by atoms with van der Waals surface area (Å²) in [4.78, 5) is 0. The fourth-order valence-electron chi connectivity index (χ4n) is 3.06. The van der Waals surface area contributed by atoms with Gasteiger partial charge in [0, 0.05) is 6.04 Å². The first-order chi connectivity index (χ1) is 6.95. The van der Waals surface area contributed by atoms with Gasteiger partial charge in [0.1, 0.15) is 0 Å². The van der Waals surface area contributed by atoms with Gasteiger partial charge in [-0.3, -0.25) is 0 Å². The van der Waals surface area contributed by atoms with Gasteiger partial charge in [-0.2, -0.15) is 0 Å². The number of fused-ring (bicyclic) bond motifs is 3. The van der Waals surface area contributed by atoms with E-state index in [0.717, 1.165) is 12.0 Å². The number of nitrogens with one attached hydrogen (secondary N) is 1. The average Bonchev–Trinajstić information content (AvgIpc) is 2.29. The molecule has 0 radical (unpaired) electrons. The van der Waals surface area contributed by atoms with E-state index < -0.39 is 0 Å². The summed E-state index contributed by atoms with van der Waals surface area (Å²) in [5.41, 5.74) is 3.22. The van der Waals surface area contributed by atoms with Crippen LogP contribution >= 0.6 is 0 Å². The van der Waals surface area contributed by atoms with E-state index in [1.165, 1.54) is 32.2 Å². The van der Waals surface area contributed by atoms with E-state index in [4.69, 9.17) is 0 Å². The SMILES string of the molecule is c1ccc2c(c1)CC[C@H]1NCCC[C@H]21. The van der Waals surface area contributed by atoms with Gasteiger partial charge in [-0.25, -0.2) is 0 Å². The molecule has 0 saturated carbocycles. The molecule has 0 spiro atoms. The molecule has 1 aromatic rings. The van der Waals surface area contributed by atoms with E-state index in [2.05, 4.69) is 29.6 Å². The van der Waals surface area contributed by atoms with Crippen LogP contribution in [0.5, 0.6) is 0 Å². The molecule has 1 fully saturated rings. The maximum Gasteiger partial charge on any atom is 0.0139 e. The molecule has 1 heterocycles. The zero-order valence-corrected chi connectivity index (χ0v) is 8.50. The van der Waals surface area contributed by atoms with Crippen LogP contribution in [0.3, 0.4) is 0 Å². The van der Waals surface area contributed by atoms with Crippen molar-refractivity contribution in [1.29, 1.82) is 0 Å². The minimum Gasteiger partial charge on any atom is -0.313 e. The molecule has 1 aliphatic heterocycles. The Morgan fingerprint density at radius 3 is 3.07 bits per heavy atom. The Morgan fingerprint density at radius 1 is 1.14 bits per heavy atom. The maximum absolute atomic E-state index is 3.66. The molecule has 0 amide bonds. The first-order valence-corrected chi connectivity index (χ1v) is 5.76. The topological polar surface area (TPSA) is 12.0 Å². The van der Waals surface area contributed by atoms with Gasteiger partial charge in [-0.15, -0.1) is 0 Å². The maximum atomic E-state index is 3.66. The highest BCUT2D eigenvalue weighted by Gasteiger charge is 2.30. The Kier molecular flexibility index (Phi) is 2.06. The van der Waals surface area contributed by atoms with E-state index in [9.17, 15) is 0 Å². The Balaban J connectivity index is 1.99. The number of benzene rings is 1. The lowest BCUT2D eigenvalue weighted by molar-refractivity contribution is 0.319. The number of rotatable bonds is 0. The minimum absolute atomic E-state index is 0.763. The second-order valence-corrected chi connectivity index (χ2v) is 4.55. The highest BCUT2D eigenvalue weighted by atomic mass is 14.9. The number of aryl methyl sites for hydroxylation is 1. The highest BCUT2D eigenvalue weighted by molar-refractivity contribution is 5.34. The van der Waals surface area contributed by atoms with Crippen LogP contribution in [0.1, 0.15) is 36.3 Å². The van der Waals surface area contributed by atoms with Gasteiger partial charge in [0.25, 0.3) is 0 Å². The number of hydrogen-bond donors (Lipinski definition) is 1. The summed E-state index contributed by atoms with van der Waals surface area (Å²) in [6, 6.07) is 9.77. The summed E-state index contributed by atoms with van der Waals surface area (Å²) in [6.45, 7) is 1.23. The second-order valence-electron chi connectivity index (χ2n) is 4.55. The molecule has 1 aromatic carbocycles. The zero-order valence-electron chi connectivity index (χ0n) is 8.50. The molecule has 3 rings (SSSR count). The molecule has 1 aliphatic carbocycles. The van der Waals surface area contributed by atoms with Crippen LogP contribution in [-0.2, 0) is 6.42 Å². The standard InChI is InChI=1S/C13H17N/c1-2-5-11-10(4-1)7-8-13-12(11)6-3-9-14-13/h1-2,4-5,12-14H,3,6-9H2/t12-,13-/m1/s1. The number of hydrogen-bond acceptors (Lipinski definition) is 1. The smallest absolute Gasteiger partial charge is 0.0139 e. The van der Waals surface area contributed by atoms with Crippen LogP contribution in [-0.4, -0.2) is 12.6 Å². The van der Waals surface area contributed by atoms with E-state index in [1.54, 1.807) is 11.1 Å².